The Balaban J connectivity index is 1.62. The predicted molar refractivity (Wildman–Crippen MR) is 96.9 cm³/mol. The minimum Gasteiger partial charge on any atom is -0.497 e. The van der Waals surface area contributed by atoms with E-state index in [1.165, 1.54) is 24.4 Å². The van der Waals surface area contributed by atoms with Crippen LogP contribution in [0.5, 0.6) is 5.75 Å². The number of alkyl halides is 3. The molecule has 0 atom stereocenters. The van der Waals surface area contributed by atoms with E-state index in [0.29, 0.717) is 17.4 Å². The molecule has 1 aromatic heterocycles. The van der Waals surface area contributed by atoms with Gasteiger partial charge in [-0.05, 0) is 24.3 Å². The van der Waals surface area contributed by atoms with Crippen molar-refractivity contribution in [1.29, 1.82) is 0 Å². The van der Waals surface area contributed by atoms with Gasteiger partial charge < -0.3 is 14.5 Å². The normalized spacial score (nSPS) is 11.3. The molecule has 1 heterocycles. The maximum atomic E-state index is 13.0. The number of ether oxygens (including phenoxy) is 1. The van der Waals surface area contributed by atoms with E-state index < -0.39 is 17.6 Å². The van der Waals surface area contributed by atoms with Crippen LogP contribution in [0.4, 0.5) is 18.9 Å². The fourth-order valence-corrected chi connectivity index (χ4v) is 2.61. The molecule has 0 unspecified atom stereocenters. The second-order valence-corrected chi connectivity index (χ2v) is 5.94. The van der Waals surface area contributed by atoms with Gasteiger partial charge in [-0.15, -0.1) is 0 Å². The molecule has 1 N–H and O–H groups in total. The molecule has 146 valence electrons. The van der Waals surface area contributed by atoms with E-state index >= 15 is 0 Å². The maximum absolute atomic E-state index is 13.0. The number of hydrogen-bond acceptors (Lipinski definition) is 4. The summed E-state index contributed by atoms with van der Waals surface area (Å²) in [6.45, 7) is 0. The molecule has 0 aliphatic heterocycles. The van der Waals surface area contributed by atoms with Crippen LogP contribution in [0, 0.1) is 0 Å². The van der Waals surface area contributed by atoms with Crippen LogP contribution in [0.2, 0.25) is 0 Å². The molecule has 0 bridgehead atoms. The first kappa shape index (κ1) is 19.5. The number of benzene rings is 2. The minimum absolute atomic E-state index is 0.0652. The summed E-state index contributed by atoms with van der Waals surface area (Å²) in [7, 11) is 1.56. The van der Waals surface area contributed by atoms with E-state index in [4.69, 9.17) is 9.15 Å². The Labute approximate surface area is 159 Å². The Kier molecular flexibility index (Phi) is 5.67. The van der Waals surface area contributed by atoms with Gasteiger partial charge in [-0.25, -0.2) is 4.98 Å². The van der Waals surface area contributed by atoms with Crippen molar-refractivity contribution in [1.82, 2.24) is 4.98 Å². The summed E-state index contributed by atoms with van der Waals surface area (Å²) in [4.78, 5) is 16.2. The second kappa shape index (κ2) is 8.16. The lowest BCUT2D eigenvalue weighted by molar-refractivity contribution is -0.137. The fraction of sp³-hybridized carbons (Fsp3) is 0.200. The van der Waals surface area contributed by atoms with Gasteiger partial charge in [-0.2, -0.15) is 13.2 Å². The van der Waals surface area contributed by atoms with E-state index in [9.17, 15) is 18.0 Å². The van der Waals surface area contributed by atoms with Gasteiger partial charge >= 0.3 is 6.18 Å². The second-order valence-electron chi connectivity index (χ2n) is 5.94. The Morgan fingerprint density at radius 3 is 2.71 bits per heavy atom. The first-order valence-corrected chi connectivity index (χ1v) is 8.42. The van der Waals surface area contributed by atoms with E-state index in [-0.39, 0.29) is 18.5 Å². The molecule has 0 fully saturated rings. The number of aryl methyl sites for hydroxylation is 1. The number of anilines is 1. The van der Waals surface area contributed by atoms with Gasteiger partial charge in [0.25, 0.3) is 0 Å². The Hall–Kier alpha value is -3.29. The van der Waals surface area contributed by atoms with Crippen LogP contribution in [-0.4, -0.2) is 18.0 Å². The SMILES string of the molecule is COc1cccc(-c2cnc(CCC(=O)Nc3ccccc3C(F)(F)F)o2)c1. The topological polar surface area (TPSA) is 64.4 Å². The molecule has 0 spiro atoms. The van der Waals surface area contributed by atoms with Crippen molar-refractivity contribution in [3.05, 3.63) is 66.2 Å². The zero-order chi connectivity index (χ0) is 20.1. The van der Waals surface area contributed by atoms with Gasteiger partial charge in [0, 0.05) is 18.4 Å². The number of methoxy groups -OCH3 is 1. The van der Waals surface area contributed by atoms with Gasteiger partial charge in [0.1, 0.15) is 5.75 Å². The molecule has 0 saturated heterocycles. The highest BCUT2D eigenvalue weighted by atomic mass is 19.4. The summed E-state index contributed by atoms with van der Waals surface area (Å²) < 4.78 is 49.7. The standard InChI is InChI=1S/C20H17F3N2O3/c1-27-14-6-4-5-13(11-14)17-12-24-19(28-17)10-9-18(26)25-16-8-3-2-7-15(16)20(21,22)23/h2-8,11-12H,9-10H2,1H3,(H,25,26). The highest BCUT2D eigenvalue weighted by Gasteiger charge is 2.33. The van der Waals surface area contributed by atoms with Crippen LogP contribution < -0.4 is 10.1 Å². The zero-order valence-corrected chi connectivity index (χ0v) is 14.9. The number of para-hydroxylation sites is 1. The summed E-state index contributed by atoms with van der Waals surface area (Å²) in [6, 6.07) is 12.0. The first-order chi connectivity index (χ1) is 13.4. The quantitative estimate of drug-likeness (QED) is 0.648. The summed E-state index contributed by atoms with van der Waals surface area (Å²) in [5.41, 5.74) is -0.397. The largest absolute Gasteiger partial charge is 0.497 e. The lowest BCUT2D eigenvalue weighted by atomic mass is 10.1. The Morgan fingerprint density at radius 2 is 1.96 bits per heavy atom. The zero-order valence-electron chi connectivity index (χ0n) is 14.9. The molecule has 3 aromatic rings. The first-order valence-electron chi connectivity index (χ1n) is 8.42. The predicted octanol–water partition coefficient (Wildman–Crippen LogP) is 4.94. The van der Waals surface area contributed by atoms with Crippen LogP contribution in [0.3, 0.4) is 0 Å². The Bertz CT molecular complexity index is 967. The van der Waals surface area contributed by atoms with Crippen molar-refractivity contribution >= 4 is 11.6 Å². The highest BCUT2D eigenvalue weighted by molar-refractivity contribution is 5.91. The van der Waals surface area contributed by atoms with Crippen LogP contribution in [-0.2, 0) is 17.4 Å². The van der Waals surface area contributed by atoms with Crippen molar-refractivity contribution < 1.29 is 27.1 Å². The molecule has 28 heavy (non-hydrogen) atoms. The Morgan fingerprint density at radius 1 is 1.18 bits per heavy atom. The number of amides is 1. The number of nitrogens with zero attached hydrogens (tertiary/aromatic N) is 1. The molecular formula is C20H17F3N2O3. The molecule has 2 aromatic carbocycles. The summed E-state index contributed by atoms with van der Waals surface area (Å²) >= 11 is 0. The van der Waals surface area contributed by atoms with Gasteiger partial charge in [0.15, 0.2) is 11.7 Å². The summed E-state index contributed by atoms with van der Waals surface area (Å²) in [6.07, 6.45) is -2.92. The van der Waals surface area contributed by atoms with Crippen LogP contribution in [0.1, 0.15) is 17.9 Å². The molecule has 0 saturated carbocycles. The van der Waals surface area contributed by atoms with Crippen LogP contribution >= 0.6 is 0 Å². The third-order valence-electron chi connectivity index (χ3n) is 3.98. The number of carbonyl (C=O) groups excluding carboxylic acids is 1. The minimum atomic E-state index is -4.54. The molecule has 0 radical (unpaired) electrons. The van der Waals surface area contributed by atoms with Crippen molar-refractivity contribution in [3.63, 3.8) is 0 Å². The fourth-order valence-electron chi connectivity index (χ4n) is 2.61. The molecule has 5 nitrogen and oxygen atoms in total. The van der Waals surface area contributed by atoms with Gasteiger partial charge in [-0.3, -0.25) is 4.79 Å². The molecule has 1 amide bonds. The lowest BCUT2D eigenvalue weighted by Gasteiger charge is -2.13. The number of carbonyl (C=O) groups is 1. The number of rotatable bonds is 6. The summed E-state index contributed by atoms with van der Waals surface area (Å²) in [5, 5.41) is 2.30. The number of nitrogens with one attached hydrogen (secondary N) is 1. The smallest absolute Gasteiger partial charge is 0.418 e. The molecule has 0 aliphatic rings. The van der Waals surface area contributed by atoms with Gasteiger partial charge in [0.05, 0.1) is 24.6 Å². The average molecular weight is 390 g/mol. The van der Waals surface area contributed by atoms with E-state index in [1.54, 1.807) is 19.2 Å². The van der Waals surface area contributed by atoms with E-state index in [0.717, 1.165) is 11.6 Å². The number of oxazole rings is 1. The van der Waals surface area contributed by atoms with E-state index in [1.807, 2.05) is 12.1 Å². The van der Waals surface area contributed by atoms with Crippen molar-refractivity contribution in [2.75, 3.05) is 12.4 Å². The third kappa shape index (κ3) is 4.70. The number of halogens is 3. The lowest BCUT2D eigenvalue weighted by Crippen LogP contribution is -2.16. The van der Waals surface area contributed by atoms with Crippen molar-refractivity contribution in [2.24, 2.45) is 0 Å². The van der Waals surface area contributed by atoms with Crippen molar-refractivity contribution in [2.45, 2.75) is 19.0 Å². The highest BCUT2D eigenvalue weighted by Crippen LogP contribution is 2.34. The molecular weight excluding hydrogens is 373 g/mol. The molecule has 3 rings (SSSR count). The molecule has 8 heteroatoms. The average Bonchev–Trinajstić information content (AvgIpc) is 3.15. The number of aromatic nitrogens is 1. The van der Waals surface area contributed by atoms with Crippen LogP contribution in [0.25, 0.3) is 11.3 Å². The molecule has 0 aliphatic carbocycles. The van der Waals surface area contributed by atoms with Crippen LogP contribution in [0.15, 0.2) is 59.1 Å². The monoisotopic (exact) mass is 390 g/mol. The third-order valence-corrected chi connectivity index (χ3v) is 3.98. The summed E-state index contributed by atoms with van der Waals surface area (Å²) in [5.74, 6) is 0.935. The van der Waals surface area contributed by atoms with E-state index in [2.05, 4.69) is 10.3 Å². The van der Waals surface area contributed by atoms with Crippen molar-refractivity contribution in [3.8, 4) is 17.1 Å². The van der Waals surface area contributed by atoms with Gasteiger partial charge in [-0.1, -0.05) is 24.3 Å². The maximum Gasteiger partial charge on any atom is 0.418 e. The number of hydrogen-bond donors (Lipinski definition) is 1. The van der Waals surface area contributed by atoms with Gasteiger partial charge in [0.2, 0.25) is 5.91 Å².